The molecule has 1 aromatic carbocycles. The molecule has 0 amide bonds. The number of nitrogens with one attached hydrogen (secondary N) is 1. The van der Waals surface area contributed by atoms with Gasteiger partial charge in [-0.2, -0.15) is 4.37 Å². The highest BCUT2D eigenvalue weighted by Crippen LogP contribution is 2.27. The SMILES string of the molecule is CCNC(CSc1nc(CC)ns1)c1ccc(C)c(C)c1. The lowest BCUT2D eigenvalue weighted by Crippen LogP contribution is -2.23. The van der Waals surface area contributed by atoms with Gasteiger partial charge in [0.25, 0.3) is 0 Å². The van der Waals surface area contributed by atoms with E-state index in [2.05, 4.69) is 60.6 Å². The lowest BCUT2D eigenvalue weighted by Gasteiger charge is -2.18. The van der Waals surface area contributed by atoms with E-state index in [0.717, 1.165) is 28.9 Å². The quantitative estimate of drug-likeness (QED) is 0.777. The highest BCUT2D eigenvalue weighted by molar-refractivity contribution is 8.00. The molecule has 3 nitrogen and oxygen atoms in total. The summed E-state index contributed by atoms with van der Waals surface area (Å²) >= 11 is 3.30. The zero-order chi connectivity index (χ0) is 15.2. The topological polar surface area (TPSA) is 37.8 Å². The highest BCUT2D eigenvalue weighted by atomic mass is 32.2. The van der Waals surface area contributed by atoms with Gasteiger partial charge in [-0.05, 0) is 48.6 Å². The number of benzene rings is 1. The highest BCUT2D eigenvalue weighted by Gasteiger charge is 2.13. The van der Waals surface area contributed by atoms with Crippen LogP contribution in [0.3, 0.4) is 0 Å². The molecule has 114 valence electrons. The number of rotatable bonds is 7. The number of hydrogen-bond acceptors (Lipinski definition) is 5. The van der Waals surface area contributed by atoms with Gasteiger partial charge in [-0.3, -0.25) is 0 Å². The summed E-state index contributed by atoms with van der Waals surface area (Å²) in [6.07, 6.45) is 0.908. The Balaban J connectivity index is 2.05. The summed E-state index contributed by atoms with van der Waals surface area (Å²) in [5.41, 5.74) is 4.05. The minimum atomic E-state index is 0.355. The van der Waals surface area contributed by atoms with E-state index in [-0.39, 0.29) is 0 Å². The Hall–Kier alpha value is -0.910. The first-order valence-electron chi connectivity index (χ1n) is 7.40. The number of aryl methyl sites for hydroxylation is 3. The molecule has 2 rings (SSSR count). The Morgan fingerprint density at radius 1 is 1.24 bits per heavy atom. The molecule has 0 bridgehead atoms. The van der Waals surface area contributed by atoms with Crippen LogP contribution >= 0.6 is 23.3 Å². The normalized spacial score (nSPS) is 12.6. The molecule has 0 radical (unpaired) electrons. The van der Waals surface area contributed by atoms with Crippen molar-refractivity contribution in [1.29, 1.82) is 0 Å². The fraction of sp³-hybridized carbons (Fsp3) is 0.500. The van der Waals surface area contributed by atoms with Crippen molar-refractivity contribution >= 4 is 23.3 Å². The Kier molecular flexibility index (Phi) is 6.21. The molecular formula is C16H23N3S2. The molecule has 21 heavy (non-hydrogen) atoms. The summed E-state index contributed by atoms with van der Waals surface area (Å²) in [6.45, 7) is 9.54. The molecule has 0 saturated heterocycles. The number of thioether (sulfide) groups is 1. The largest absolute Gasteiger partial charge is 0.309 e. The van der Waals surface area contributed by atoms with Gasteiger partial charge >= 0.3 is 0 Å². The second-order valence-electron chi connectivity index (χ2n) is 5.10. The van der Waals surface area contributed by atoms with Crippen LogP contribution in [-0.2, 0) is 6.42 Å². The molecule has 0 aliphatic rings. The first-order valence-corrected chi connectivity index (χ1v) is 9.15. The molecule has 0 spiro atoms. The molecule has 5 heteroatoms. The van der Waals surface area contributed by atoms with Gasteiger partial charge in [-0.1, -0.05) is 43.8 Å². The van der Waals surface area contributed by atoms with Crippen molar-refractivity contribution in [3.8, 4) is 0 Å². The average Bonchev–Trinajstić information content (AvgIpc) is 2.94. The third-order valence-corrected chi connectivity index (χ3v) is 5.49. The summed E-state index contributed by atoms with van der Waals surface area (Å²) in [5.74, 6) is 1.93. The van der Waals surface area contributed by atoms with E-state index >= 15 is 0 Å². The van der Waals surface area contributed by atoms with Gasteiger partial charge in [0.05, 0.1) is 0 Å². The van der Waals surface area contributed by atoms with Crippen molar-refractivity contribution in [2.75, 3.05) is 12.3 Å². The summed E-state index contributed by atoms with van der Waals surface area (Å²) in [4.78, 5) is 4.53. The molecule has 2 aromatic rings. The minimum Gasteiger partial charge on any atom is -0.309 e. The van der Waals surface area contributed by atoms with Crippen molar-refractivity contribution < 1.29 is 0 Å². The van der Waals surface area contributed by atoms with Crippen molar-refractivity contribution in [3.63, 3.8) is 0 Å². The van der Waals surface area contributed by atoms with Gasteiger partial charge in [0.15, 0.2) is 4.34 Å². The average molecular weight is 322 g/mol. The van der Waals surface area contributed by atoms with E-state index in [1.807, 2.05) is 0 Å². The van der Waals surface area contributed by atoms with E-state index in [9.17, 15) is 0 Å². The maximum atomic E-state index is 4.53. The van der Waals surface area contributed by atoms with Gasteiger partial charge in [0.2, 0.25) is 0 Å². The first-order chi connectivity index (χ1) is 10.1. The van der Waals surface area contributed by atoms with E-state index in [1.54, 1.807) is 11.8 Å². The summed E-state index contributed by atoms with van der Waals surface area (Å²) in [6, 6.07) is 7.09. The van der Waals surface area contributed by atoms with Gasteiger partial charge in [0.1, 0.15) is 5.82 Å². The van der Waals surface area contributed by atoms with Crippen LogP contribution in [-0.4, -0.2) is 21.7 Å². The van der Waals surface area contributed by atoms with Gasteiger partial charge < -0.3 is 5.32 Å². The lowest BCUT2D eigenvalue weighted by molar-refractivity contribution is 0.605. The third kappa shape index (κ3) is 4.53. The predicted molar refractivity (Wildman–Crippen MR) is 92.3 cm³/mol. The molecule has 0 fully saturated rings. The van der Waals surface area contributed by atoms with Gasteiger partial charge in [-0.15, -0.1) is 0 Å². The van der Waals surface area contributed by atoms with Crippen molar-refractivity contribution in [2.24, 2.45) is 0 Å². The van der Waals surface area contributed by atoms with Crippen LogP contribution in [0.4, 0.5) is 0 Å². The molecule has 0 saturated carbocycles. The van der Waals surface area contributed by atoms with Gasteiger partial charge in [0, 0.05) is 18.2 Å². The molecular weight excluding hydrogens is 298 g/mol. The summed E-state index contributed by atoms with van der Waals surface area (Å²) in [5, 5.41) is 3.57. The maximum absolute atomic E-state index is 4.53. The number of hydrogen-bond donors (Lipinski definition) is 1. The maximum Gasteiger partial charge on any atom is 0.170 e. The second-order valence-corrected chi connectivity index (χ2v) is 7.11. The molecule has 1 N–H and O–H groups in total. The first kappa shape index (κ1) is 16.5. The molecule has 1 atom stereocenters. The zero-order valence-corrected chi connectivity index (χ0v) is 14.8. The smallest absolute Gasteiger partial charge is 0.170 e. The van der Waals surface area contributed by atoms with Crippen LogP contribution in [0.5, 0.6) is 0 Å². The van der Waals surface area contributed by atoms with Crippen LogP contribution in [0.25, 0.3) is 0 Å². The van der Waals surface area contributed by atoms with Gasteiger partial charge in [-0.25, -0.2) is 4.98 Å². The monoisotopic (exact) mass is 321 g/mol. The molecule has 1 unspecified atom stereocenters. The van der Waals surface area contributed by atoms with Crippen LogP contribution in [0.2, 0.25) is 0 Å². The number of nitrogens with zero attached hydrogens (tertiary/aromatic N) is 2. The Morgan fingerprint density at radius 3 is 2.67 bits per heavy atom. The summed E-state index contributed by atoms with van der Waals surface area (Å²) in [7, 11) is 0. The lowest BCUT2D eigenvalue weighted by atomic mass is 10.0. The predicted octanol–water partition coefficient (Wildman–Crippen LogP) is 4.16. The van der Waals surface area contributed by atoms with Crippen molar-refractivity contribution in [3.05, 3.63) is 40.7 Å². The third-order valence-electron chi connectivity index (χ3n) is 3.52. The fourth-order valence-electron chi connectivity index (χ4n) is 2.10. The fourth-order valence-corrected chi connectivity index (χ4v) is 3.91. The van der Waals surface area contributed by atoms with E-state index < -0.39 is 0 Å². The Labute approximate surface area is 135 Å². The molecule has 0 aliphatic heterocycles. The van der Waals surface area contributed by atoms with E-state index in [0.29, 0.717) is 6.04 Å². The van der Waals surface area contributed by atoms with E-state index in [4.69, 9.17) is 0 Å². The van der Waals surface area contributed by atoms with Crippen LogP contribution < -0.4 is 5.32 Å². The molecule has 1 heterocycles. The summed E-state index contributed by atoms with van der Waals surface area (Å²) < 4.78 is 5.41. The van der Waals surface area contributed by atoms with Crippen LogP contribution in [0, 0.1) is 13.8 Å². The Morgan fingerprint density at radius 2 is 2.05 bits per heavy atom. The molecule has 1 aromatic heterocycles. The number of aromatic nitrogens is 2. The van der Waals surface area contributed by atoms with Crippen molar-refractivity contribution in [2.45, 2.75) is 44.5 Å². The second kappa shape index (κ2) is 7.92. The van der Waals surface area contributed by atoms with Crippen LogP contribution in [0.1, 0.15) is 42.4 Å². The van der Waals surface area contributed by atoms with E-state index in [1.165, 1.54) is 28.2 Å². The zero-order valence-electron chi connectivity index (χ0n) is 13.1. The Bertz CT molecular complexity index is 581. The molecule has 0 aliphatic carbocycles. The minimum absolute atomic E-state index is 0.355. The standard InChI is InChI=1S/C16H23N3S2/c1-5-15-18-16(21-19-15)20-10-14(17-6-2)13-8-7-11(3)12(4)9-13/h7-9,14,17H,5-6,10H2,1-4H3. The van der Waals surface area contributed by atoms with Crippen molar-refractivity contribution in [1.82, 2.24) is 14.7 Å². The van der Waals surface area contributed by atoms with Crippen LogP contribution in [0.15, 0.2) is 22.5 Å².